The molecule has 0 bridgehead atoms. The third kappa shape index (κ3) is 13.0. The van der Waals surface area contributed by atoms with Gasteiger partial charge in [-0.15, -0.1) is 0 Å². The summed E-state index contributed by atoms with van der Waals surface area (Å²) >= 11 is 0. The zero-order chi connectivity index (χ0) is 38.4. The molecule has 0 N–H and O–H groups in total. The molecule has 2 fully saturated rings. The minimum absolute atomic E-state index is 0.105. The molecule has 0 atom stereocenters. The zero-order valence-corrected chi connectivity index (χ0v) is 42.6. The van der Waals surface area contributed by atoms with Crippen LogP contribution in [0.4, 0.5) is 0 Å². The highest BCUT2D eigenvalue weighted by Crippen LogP contribution is 2.36. The summed E-state index contributed by atoms with van der Waals surface area (Å²) in [7, 11) is -18.9. The first-order valence-electron chi connectivity index (χ1n) is 18.8. The van der Waals surface area contributed by atoms with Gasteiger partial charge in [0.2, 0.25) is 0 Å². The fourth-order valence-electron chi connectivity index (χ4n) is 8.39. The Labute approximate surface area is 319 Å². The van der Waals surface area contributed by atoms with Crippen LogP contribution in [-0.4, -0.2) is 68.5 Å². The molecular formula is C35H68O8Si8. The molecule has 4 rings (SSSR count). The lowest BCUT2D eigenvalue weighted by molar-refractivity contribution is 0.231. The van der Waals surface area contributed by atoms with Gasteiger partial charge in [-0.2, -0.15) is 0 Å². The van der Waals surface area contributed by atoms with Crippen molar-refractivity contribution < 1.29 is 32.9 Å². The first-order valence-corrected chi connectivity index (χ1v) is 40.8. The highest BCUT2D eigenvalue weighted by Gasteiger charge is 2.53. The first kappa shape index (κ1) is 43.6. The molecule has 2 heterocycles. The average molecular weight is 842 g/mol. The fraction of sp³-hybridized carbons (Fsp3) is 0.657. The van der Waals surface area contributed by atoms with Crippen molar-refractivity contribution in [3.8, 4) is 0 Å². The maximum atomic E-state index is 6.79. The van der Waals surface area contributed by atoms with Gasteiger partial charge in [-0.1, -0.05) is 62.4 Å². The van der Waals surface area contributed by atoms with E-state index in [2.05, 4.69) is 154 Å². The van der Waals surface area contributed by atoms with Gasteiger partial charge >= 0.3 is 68.5 Å². The standard InChI is InChI=1S/C35H68O8Si8/c1-35(2,33-25-21-31(22-26-33)19-17-29-50(15)40-46(7,8)36-44(3,4)37-47(9,10)41-50)34-27-23-32(24-28-34)20-18-30-51(16)42-48(11,12)38-45(5,6)39-49(13,14)43-51/h21-28H,17-20,29-30H2,1-16H3. The summed E-state index contributed by atoms with van der Waals surface area (Å²) < 4.78 is 53.3. The third-order valence-electron chi connectivity index (χ3n) is 9.36. The largest absolute Gasteiger partial charge is 0.416 e. The lowest BCUT2D eigenvalue weighted by Gasteiger charge is -2.47. The van der Waals surface area contributed by atoms with Crippen LogP contribution < -0.4 is 0 Å². The molecule has 2 saturated heterocycles. The zero-order valence-electron chi connectivity index (χ0n) is 34.6. The SMILES string of the molecule is CC(C)(c1ccc(CCC[Si]2(C)O[Si](C)(C)O[Si](C)(C)O[Si](C)(C)O2)cc1)c1ccc(CCC[Si]2(C)O[Si](C)(C)O[Si](C)(C)O[Si](C)(C)O2)cc1. The first-order chi connectivity index (χ1) is 23.0. The van der Waals surface area contributed by atoms with E-state index >= 15 is 0 Å². The molecule has 0 radical (unpaired) electrons. The van der Waals surface area contributed by atoms with Crippen molar-refractivity contribution in [1.82, 2.24) is 0 Å². The van der Waals surface area contributed by atoms with Crippen molar-refractivity contribution in [3.63, 3.8) is 0 Å². The lowest BCUT2D eigenvalue weighted by atomic mass is 9.77. The lowest BCUT2D eigenvalue weighted by Crippen LogP contribution is -2.65. The van der Waals surface area contributed by atoms with E-state index in [-0.39, 0.29) is 5.41 Å². The van der Waals surface area contributed by atoms with E-state index in [9.17, 15) is 0 Å². The maximum Gasteiger partial charge on any atom is 0.317 e. The third-order valence-corrected chi connectivity index (χ3v) is 42.4. The van der Waals surface area contributed by atoms with Crippen LogP contribution in [0.15, 0.2) is 48.5 Å². The molecule has 0 aromatic heterocycles. The van der Waals surface area contributed by atoms with Crippen molar-refractivity contribution in [1.29, 1.82) is 0 Å². The normalized spacial score (nSPS) is 24.8. The van der Waals surface area contributed by atoms with Crippen molar-refractivity contribution in [2.24, 2.45) is 0 Å². The van der Waals surface area contributed by atoms with Crippen LogP contribution in [0.5, 0.6) is 0 Å². The molecule has 0 aliphatic carbocycles. The summed E-state index contributed by atoms with van der Waals surface area (Å²) in [5, 5.41) is 0. The fourth-order valence-corrected chi connectivity index (χ4v) is 51.6. The van der Waals surface area contributed by atoms with E-state index in [1.165, 1.54) is 22.3 Å². The van der Waals surface area contributed by atoms with Gasteiger partial charge in [0.1, 0.15) is 0 Å². The Morgan fingerprint density at radius 2 is 0.608 bits per heavy atom. The Kier molecular flexibility index (Phi) is 13.2. The highest BCUT2D eigenvalue weighted by molar-refractivity contribution is 6.94. The Morgan fingerprint density at radius 1 is 0.373 bits per heavy atom. The second-order valence-corrected chi connectivity index (χ2v) is 47.1. The molecule has 16 heteroatoms. The summed E-state index contributed by atoms with van der Waals surface area (Å²) in [5.74, 6) is 0. The van der Waals surface area contributed by atoms with Gasteiger partial charge in [0, 0.05) is 5.41 Å². The highest BCUT2D eigenvalue weighted by atomic mass is 28.5. The molecule has 0 amide bonds. The van der Waals surface area contributed by atoms with E-state index in [0.29, 0.717) is 0 Å². The molecule has 288 valence electrons. The topological polar surface area (TPSA) is 73.8 Å². The van der Waals surface area contributed by atoms with E-state index < -0.39 is 68.5 Å². The molecule has 51 heavy (non-hydrogen) atoms. The molecule has 0 saturated carbocycles. The second-order valence-electron chi connectivity index (χ2n) is 18.2. The molecule has 0 spiro atoms. The summed E-state index contributed by atoms with van der Waals surface area (Å²) in [5.41, 5.74) is 5.22. The van der Waals surface area contributed by atoms with Gasteiger partial charge in [-0.05, 0) is 152 Å². The Hall–Kier alpha value is -0.145. The van der Waals surface area contributed by atoms with Crippen LogP contribution in [0.2, 0.25) is 104 Å². The van der Waals surface area contributed by atoms with Crippen LogP contribution >= 0.6 is 0 Å². The number of hydrogen-bond acceptors (Lipinski definition) is 8. The summed E-state index contributed by atoms with van der Waals surface area (Å²) in [4.78, 5) is 0. The smallest absolute Gasteiger partial charge is 0.317 e. The predicted molar refractivity (Wildman–Crippen MR) is 228 cm³/mol. The summed E-state index contributed by atoms with van der Waals surface area (Å²) in [6.45, 7) is 34.6. The van der Waals surface area contributed by atoms with Crippen LogP contribution in [0.25, 0.3) is 0 Å². The van der Waals surface area contributed by atoms with Crippen LogP contribution in [0.1, 0.15) is 48.9 Å². The number of hydrogen-bond donors (Lipinski definition) is 0. The van der Waals surface area contributed by atoms with E-state index in [1.807, 2.05) is 0 Å². The molecule has 2 aromatic rings. The van der Waals surface area contributed by atoms with Crippen molar-refractivity contribution in [2.75, 3.05) is 0 Å². The minimum Gasteiger partial charge on any atom is -0.416 e. The van der Waals surface area contributed by atoms with E-state index in [1.54, 1.807) is 0 Å². The van der Waals surface area contributed by atoms with Crippen LogP contribution in [-0.2, 0) is 51.2 Å². The van der Waals surface area contributed by atoms with Gasteiger partial charge < -0.3 is 32.9 Å². The Morgan fingerprint density at radius 3 is 0.863 bits per heavy atom. The van der Waals surface area contributed by atoms with Crippen molar-refractivity contribution in [3.05, 3.63) is 70.8 Å². The second kappa shape index (κ2) is 15.4. The quantitative estimate of drug-likeness (QED) is 0.219. The van der Waals surface area contributed by atoms with E-state index in [0.717, 1.165) is 37.8 Å². The minimum atomic E-state index is -2.46. The average Bonchev–Trinajstić information content (AvgIpc) is 2.88. The maximum absolute atomic E-state index is 6.79. The monoisotopic (exact) mass is 840 g/mol. The Bertz CT molecular complexity index is 1330. The van der Waals surface area contributed by atoms with Crippen LogP contribution in [0, 0.1) is 0 Å². The molecular weight excluding hydrogens is 773 g/mol. The van der Waals surface area contributed by atoms with Gasteiger partial charge in [-0.25, -0.2) is 0 Å². The number of rotatable bonds is 10. The summed E-state index contributed by atoms with van der Waals surface area (Å²) in [6.07, 6.45) is 4.02. The Balaban J connectivity index is 1.33. The molecule has 0 unspecified atom stereocenters. The predicted octanol–water partition coefficient (Wildman–Crippen LogP) is 10.4. The molecule has 8 nitrogen and oxygen atoms in total. The van der Waals surface area contributed by atoms with Gasteiger partial charge in [0.05, 0.1) is 0 Å². The van der Waals surface area contributed by atoms with E-state index in [4.69, 9.17) is 32.9 Å². The molecule has 2 aliphatic heterocycles. The number of aryl methyl sites for hydroxylation is 2. The number of benzene rings is 2. The summed E-state index contributed by atoms with van der Waals surface area (Å²) in [6, 6.07) is 20.3. The van der Waals surface area contributed by atoms with Gasteiger partial charge in [0.15, 0.2) is 0 Å². The molecule has 2 aliphatic rings. The van der Waals surface area contributed by atoms with Crippen molar-refractivity contribution >= 4 is 68.5 Å². The van der Waals surface area contributed by atoms with Gasteiger partial charge in [-0.3, -0.25) is 0 Å². The van der Waals surface area contributed by atoms with Crippen LogP contribution in [0.3, 0.4) is 0 Å². The molecule has 2 aromatic carbocycles. The van der Waals surface area contributed by atoms with Gasteiger partial charge in [0.25, 0.3) is 0 Å². The van der Waals surface area contributed by atoms with Crippen molar-refractivity contribution in [2.45, 2.75) is 149 Å².